The predicted molar refractivity (Wildman–Crippen MR) is 159 cm³/mol. The molecule has 0 spiro atoms. The highest BCUT2D eigenvalue weighted by Gasteiger charge is 2.42. The number of ether oxygens (including phenoxy) is 2. The summed E-state index contributed by atoms with van der Waals surface area (Å²) >= 11 is 7.81. The number of fused-ring (bicyclic) bond motifs is 1. The summed E-state index contributed by atoms with van der Waals surface area (Å²) < 4.78 is 11.0. The first kappa shape index (κ1) is 29.0. The number of amides is 1. The minimum atomic E-state index is -0.577. The van der Waals surface area contributed by atoms with Crippen LogP contribution in [0.15, 0.2) is 82.0 Å². The molecular weight excluding hydrogens is 562 g/mol. The summed E-state index contributed by atoms with van der Waals surface area (Å²) in [6.07, 6.45) is 1.55. The Morgan fingerprint density at radius 3 is 2.66 bits per heavy atom. The van der Waals surface area contributed by atoms with Crippen molar-refractivity contribution in [1.82, 2.24) is 9.80 Å². The molecule has 1 saturated heterocycles. The van der Waals surface area contributed by atoms with Gasteiger partial charge in [-0.2, -0.15) is 0 Å². The summed E-state index contributed by atoms with van der Waals surface area (Å²) in [6.45, 7) is 4.95. The van der Waals surface area contributed by atoms with Crippen LogP contribution in [0.2, 0.25) is 5.02 Å². The number of esters is 2. The van der Waals surface area contributed by atoms with Gasteiger partial charge < -0.3 is 19.3 Å². The van der Waals surface area contributed by atoms with Gasteiger partial charge in [-0.15, -0.1) is 0 Å². The molecule has 3 aliphatic rings. The highest BCUT2D eigenvalue weighted by molar-refractivity contribution is 8.16. The number of hydrogen-bond donors (Lipinski definition) is 0. The molecule has 0 radical (unpaired) electrons. The number of thioether (sulfide) groups is 1. The number of likely N-dealkylation sites (tertiary alicyclic amines) is 1. The Kier molecular flexibility index (Phi) is 9.15. The van der Waals surface area contributed by atoms with Gasteiger partial charge in [0.2, 0.25) is 5.91 Å². The lowest BCUT2D eigenvalue weighted by atomic mass is 9.93. The third-order valence-electron chi connectivity index (χ3n) is 7.32. The third kappa shape index (κ3) is 6.52. The molecular formula is C31H32ClN3O5S. The van der Waals surface area contributed by atoms with Gasteiger partial charge in [-0.05, 0) is 55.4 Å². The number of hydrogen-bond acceptors (Lipinski definition) is 8. The lowest BCUT2D eigenvalue weighted by Crippen LogP contribution is -2.44. The van der Waals surface area contributed by atoms with Crippen LogP contribution in [-0.4, -0.2) is 52.5 Å². The fourth-order valence-corrected chi connectivity index (χ4v) is 6.51. The van der Waals surface area contributed by atoms with Gasteiger partial charge in [0.25, 0.3) is 0 Å². The number of halogens is 1. The average molecular weight is 594 g/mol. The summed E-state index contributed by atoms with van der Waals surface area (Å²) in [5.74, 6) is -1.14. The van der Waals surface area contributed by atoms with E-state index in [-0.39, 0.29) is 30.8 Å². The van der Waals surface area contributed by atoms with Crippen LogP contribution in [0.4, 0.5) is 0 Å². The van der Waals surface area contributed by atoms with Gasteiger partial charge in [0, 0.05) is 23.8 Å². The van der Waals surface area contributed by atoms with Crippen molar-refractivity contribution < 1.29 is 23.9 Å². The van der Waals surface area contributed by atoms with Crippen LogP contribution in [0.1, 0.15) is 50.3 Å². The van der Waals surface area contributed by atoms with Crippen LogP contribution in [0.5, 0.6) is 0 Å². The summed E-state index contributed by atoms with van der Waals surface area (Å²) in [4.78, 5) is 47.9. The van der Waals surface area contributed by atoms with Crippen molar-refractivity contribution in [2.45, 2.75) is 45.8 Å². The molecule has 0 aliphatic carbocycles. The molecule has 1 amide bonds. The molecule has 1 fully saturated rings. The van der Waals surface area contributed by atoms with E-state index >= 15 is 0 Å². The zero-order chi connectivity index (χ0) is 28.9. The van der Waals surface area contributed by atoms with Crippen LogP contribution in [0, 0.1) is 5.92 Å². The topological polar surface area (TPSA) is 88.5 Å². The molecule has 0 N–H and O–H groups in total. The molecule has 2 aromatic carbocycles. The van der Waals surface area contributed by atoms with Gasteiger partial charge >= 0.3 is 11.9 Å². The van der Waals surface area contributed by atoms with E-state index in [1.807, 2.05) is 58.8 Å². The first-order valence-electron chi connectivity index (χ1n) is 13.7. The predicted octanol–water partition coefficient (Wildman–Crippen LogP) is 5.85. The number of allylic oxidation sites excluding steroid dienone is 1. The van der Waals surface area contributed by atoms with Gasteiger partial charge in [0.15, 0.2) is 5.17 Å². The summed E-state index contributed by atoms with van der Waals surface area (Å²) in [6, 6.07) is 16.3. The van der Waals surface area contributed by atoms with Gasteiger partial charge in [0.1, 0.15) is 6.61 Å². The number of aliphatic imine (C=N–C) groups is 1. The van der Waals surface area contributed by atoms with Crippen molar-refractivity contribution in [2.75, 3.05) is 19.7 Å². The van der Waals surface area contributed by atoms with E-state index in [1.165, 1.54) is 11.8 Å². The Hall–Kier alpha value is -3.56. The molecule has 3 heterocycles. The minimum absolute atomic E-state index is 0.0866. The van der Waals surface area contributed by atoms with Gasteiger partial charge in [-0.1, -0.05) is 65.8 Å². The van der Waals surface area contributed by atoms with Crippen molar-refractivity contribution in [3.8, 4) is 0 Å². The fourth-order valence-electron chi connectivity index (χ4n) is 5.35. The molecule has 8 nitrogen and oxygen atoms in total. The maximum absolute atomic E-state index is 13.6. The van der Waals surface area contributed by atoms with Gasteiger partial charge in [0.05, 0.1) is 36.3 Å². The zero-order valence-electron chi connectivity index (χ0n) is 23.0. The highest BCUT2D eigenvalue weighted by atomic mass is 35.5. The van der Waals surface area contributed by atoms with Crippen LogP contribution in [-0.2, 0) is 30.5 Å². The maximum Gasteiger partial charge on any atom is 0.338 e. The van der Waals surface area contributed by atoms with E-state index in [0.717, 1.165) is 23.2 Å². The molecule has 0 saturated carbocycles. The van der Waals surface area contributed by atoms with E-state index in [0.29, 0.717) is 47.6 Å². The van der Waals surface area contributed by atoms with E-state index < -0.39 is 12.0 Å². The van der Waals surface area contributed by atoms with Crippen LogP contribution in [0.3, 0.4) is 0 Å². The SMILES string of the molecule is CCOC(=O)C1CCCN(C(=O)CC2=CSC3=NC(C)=C(C(=O)OCc4ccccc4)C(c4cccc(Cl)c4)N23)C1. The molecule has 10 heteroatoms. The Balaban J connectivity index is 1.40. The normalized spacial score (nSPS) is 20.3. The average Bonchev–Trinajstić information content (AvgIpc) is 3.37. The van der Waals surface area contributed by atoms with Crippen molar-refractivity contribution >= 4 is 46.4 Å². The molecule has 214 valence electrons. The van der Waals surface area contributed by atoms with Crippen LogP contribution < -0.4 is 0 Å². The van der Waals surface area contributed by atoms with Crippen molar-refractivity contribution in [1.29, 1.82) is 0 Å². The lowest BCUT2D eigenvalue weighted by molar-refractivity contribution is -0.151. The molecule has 3 aliphatic heterocycles. The monoisotopic (exact) mass is 593 g/mol. The molecule has 0 bridgehead atoms. The van der Waals surface area contributed by atoms with E-state index in [9.17, 15) is 14.4 Å². The first-order valence-corrected chi connectivity index (χ1v) is 15.0. The standard InChI is InChI=1S/C31H32ClN3O5S/c1-3-39-29(37)23-12-8-14-34(17-23)26(36)16-25-19-41-31-33-20(2)27(30(38)40-18-21-9-5-4-6-10-21)28(35(25)31)22-11-7-13-24(32)15-22/h4-7,9-11,13,15,19,23,28H,3,8,12,14,16-18H2,1-2H3. The number of carbonyl (C=O) groups is 3. The number of piperidine rings is 1. The van der Waals surface area contributed by atoms with Crippen molar-refractivity contribution in [3.05, 3.63) is 93.1 Å². The molecule has 0 aromatic heterocycles. The van der Waals surface area contributed by atoms with E-state index in [4.69, 9.17) is 26.1 Å². The Morgan fingerprint density at radius 2 is 1.90 bits per heavy atom. The van der Waals surface area contributed by atoms with E-state index in [2.05, 4.69) is 0 Å². The first-order chi connectivity index (χ1) is 19.9. The van der Waals surface area contributed by atoms with Crippen molar-refractivity contribution in [3.63, 3.8) is 0 Å². The van der Waals surface area contributed by atoms with Gasteiger partial charge in [-0.3, -0.25) is 9.59 Å². The fraction of sp³-hybridized carbons (Fsp3) is 0.355. The number of rotatable bonds is 8. The number of nitrogens with zero attached hydrogens (tertiary/aromatic N) is 3. The smallest absolute Gasteiger partial charge is 0.338 e. The molecule has 2 aromatic rings. The molecule has 2 atom stereocenters. The number of amidine groups is 1. The summed E-state index contributed by atoms with van der Waals surface area (Å²) in [5.41, 5.74) is 3.35. The second-order valence-corrected chi connectivity index (χ2v) is 11.4. The number of benzene rings is 2. The zero-order valence-corrected chi connectivity index (χ0v) is 24.6. The largest absolute Gasteiger partial charge is 0.466 e. The Bertz CT molecular complexity index is 1420. The molecule has 2 unspecified atom stereocenters. The molecule has 41 heavy (non-hydrogen) atoms. The van der Waals surface area contributed by atoms with Crippen LogP contribution >= 0.6 is 23.4 Å². The minimum Gasteiger partial charge on any atom is -0.466 e. The van der Waals surface area contributed by atoms with E-state index in [1.54, 1.807) is 24.8 Å². The highest BCUT2D eigenvalue weighted by Crippen LogP contribution is 2.45. The number of carbonyl (C=O) groups excluding carboxylic acids is 3. The Morgan fingerprint density at radius 1 is 1.10 bits per heavy atom. The quantitative estimate of drug-likeness (QED) is 0.355. The maximum atomic E-state index is 13.6. The Labute approximate surface area is 249 Å². The lowest BCUT2D eigenvalue weighted by Gasteiger charge is -2.37. The van der Waals surface area contributed by atoms with Gasteiger partial charge in [-0.25, -0.2) is 9.79 Å². The molecule has 5 rings (SSSR count). The second-order valence-electron chi connectivity index (χ2n) is 10.1. The summed E-state index contributed by atoms with van der Waals surface area (Å²) in [5, 5.41) is 3.12. The third-order valence-corrected chi connectivity index (χ3v) is 8.45. The van der Waals surface area contributed by atoms with Crippen molar-refractivity contribution in [2.24, 2.45) is 10.9 Å². The van der Waals surface area contributed by atoms with Crippen LogP contribution in [0.25, 0.3) is 0 Å². The summed E-state index contributed by atoms with van der Waals surface area (Å²) in [7, 11) is 0. The second kappa shape index (κ2) is 13.0.